The highest BCUT2D eigenvalue weighted by Crippen LogP contribution is 2.21. The fraction of sp³-hybridized carbons (Fsp3) is 0.308. The van der Waals surface area contributed by atoms with Crippen LogP contribution in [0.2, 0.25) is 0 Å². The molecule has 1 heterocycles. The fourth-order valence-corrected chi connectivity index (χ4v) is 2.47. The van der Waals surface area contributed by atoms with Crippen LogP contribution in [0.25, 0.3) is 0 Å². The van der Waals surface area contributed by atoms with Gasteiger partial charge in [0.05, 0.1) is 6.04 Å². The monoisotopic (exact) mass is 268 g/mol. The Balaban J connectivity index is 2.09. The topological polar surface area (TPSA) is 24.9 Å². The molecule has 1 aromatic heterocycles. The first-order valence-electron chi connectivity index (χ1n) is 5.67. The zero-order valence-corrected chi connectivity index (χ0v) is 11.0. The third-order valence-corrected chi connectivity index (χ3v) is 3.66. The minimum Gasteiger partial charge on any atom is -0.302 e. The Hall–Kier alpha value is -1.33. The van der Waals surface area contributed by atoms with Gasteiger partial charge in [0.25, 0.3) is 0 Å². The molecule has 1 N–H and O–H groups in total. The molecule has 5 heteroatoms. The summed E-state index contributed by atoms with van der Waals surface area (Å²) in [4.78, 5) is 4.21. The molecule has 18 heavy (non-hydrogen) atoms. The second-order valence-electron chi connectivity index (χ2n) is 4.18. The fourth-order valence-electron chi connectivity index (χ4n) is 1.82. The minimum absolute atomic E-state index is 0.0475. The summed E-state index contributed by atoms with van der Waals surface area (Å²) in [5, 5.41) is 6.13. The second kappa shape index (κ2) is 5.54. The average molecular weight is 268 g/mol. The maximum atomic E-state index is 13.1. The van der Waals surface area contributed by atoms with Crippen molar-refractivity contribution in [2.75, 3.05) is 0 Å². The molecule has 96 valence electrons. The largest absolute Gasteiger partial charge is 0.302 e. The lowest BCUT2D eigenvalue weighted by molar-refractivity contribution is 0.486. The molecule has 0 spiro atoms. The standard InChI is InChI=1S/C13H14F2N2S/c1-8(10-5-11(14)7-12(15)6-10)17-9(2)13-16-3-4-18-13/h3-9,17H,1-2H3. The van der Waals surface area contributed by atoms with Crippen LogP contribution in [0.5, 0.6) is 0 Å². The van der Waals surface area contributed by atoms with Gasteiger partial charge in [-0.05, 0) is 31.5 Å². The number of nitrogens with one attached hydrogen (secondary N) is 1. The lowest BCUT2D eigenvalue weighted by Gasteiger charge is -2.19. The van der Waals surface area contributed by atoms with Crippen molar-refractivity contribution in [1.82, 2.24) is 10.3 Å². The molecule has 0 aliphatic rings. The van der Waals surface area contributed by atoms with Crippen molar-refractivity contribution in [3.8, 4) is 0 Å². The molecular formula is C13H14F2N2S. The van der Waals surface area contributed by atoms with Crippen LogP contribution in [0.1, 0.15) is 36.5 Å². The molecule has 1 aromatic carbocycles. The Morgan fingerprint density at radius 2 is 1.78 bits per heavy atom. The maximum Gasteiger partial charge on any atom is 0.126 e. The number of rotatable bonds is 4. The molecule has 0 saturated carbocycles. The van der Waals surface area contributed by atoms with Crippen LogP contribution in [0.15, 0.2) is 29.8 Å². The highest BCUT2D eigenvalue weighted by Gasteiger charge is 2.14. The van der Waals surface area contributed by atoms with Crippen molar-refractivity contribution in [3.63, 3.8) is 0 Å². The molecule has 2 atom stereocenters. The molecule has 2 aromatic rings. The predicted molar refractivity (Wildman–Crippen MR) is 68.4 cm³/mol. The van der Waals surface area contributed by atoms with E-state index in [0.29, 0.717) is 5.56 Å². The van der Waals surface area contributed by atoms with Crippen LogP contribution >= 0.6 is 11.3 Å². The summed E-state index contributed by atoms with van der Waals surface area (Å²) >= 11 is 1.55. The molecule has 0 radical (unpaired) electrons. The van der Waals surface area contributed by atoms with Gasteiger partial charge in [-0.1, -0.05) is 0 Å². The molecule has 2 unspecified atom stereocenters. The summed E-state index contributed by atoms with van der Waals surface area (Å²) in [6.07, 6.45) is 1.74. The van der Waals surface area contributed by atoms with E-state index in [1.165, 1.54) is 12.1 Å². The predicted octanol–water partition coefficient (Wildman–Crippen LogP) is 3.83. The highest BCUT2D eigenvalue weighted by molar-refractivity contribution is 7.09. The smallest absolute Gasteiger partial charge is 0.126 e. The van der Waals surface area contributed by atoms with Gasteiger partial charge in [0.2, 0.25) is 0 Å². The van der Waals surface area contributed by atoms with Crippen LogP contribution < -0.4 is 5.32 Å². The van der Waals surface area contributed by atoms with Gasteiger partial charge in [-0.25, -0.2) is 13.8 Å². The zero-order chi connectivity index (χ0) is 13.1. The van der Waals surface area contributed by atoms with E-state index >= 15 is 0 Å². The van der Waals surface area contributed by atoms with Crippen molar-refractivity contribution in [1.29, 1.82) is 0 Å². The average Bonchev–Trinajstić information content (AvgIpc) is 2.80. The SMILES string of the molecule is CC(NC(C)c1nccs1)c1cc(F)cc(F)c1. The minimum atomic E-state index is -0.555. The van der Waals surface area contributed by atoms with Crippen LogP contribution in [-0.4, -0.2) is 4.98 Å². The van der Waals surface area contributed by atoms with Gasteiger partial charge >= 0.3 is 0 Å². The molecule has 2 rings (SSSR count). The van der Waals surface area contributed by atoms with E-state index in [2.05, 4.69) is 10.3 Å². The first kappa shape index (κ1) is 13.1. The highest BCUT2D eigenvalue weighted by atomic mass is 32.1. The van der Waals surface area contributed by atoms with Gasteiger partial charge in [-0.2, -0.15) is 0 Å². The number of aromatic nitrogens is 1. The Kier molecular flexibility index (Phi) is 4.04. The molecule has 0 saturated heterocycles. The second-order valence-corrected chi connectivity index (χ2v) is 5.11. The van der Waals surface area contributed by atoms with Crippen molar-refractivity contribution in [2.45, 2.75) is 25.9 Å². The normalized spacial score (nSPS) is 14.4. The first-order chi connectivity index (χ1) is 8.56. The Morgan fingerprint density at radius 3 is 2.33 bits per heavy atom. The van der Waals surface area contributed by atoms with Crippen molar-refractivity contribution in [2.24, 2.45) is 0 Å². The summed E-state index contributed by atoms with van der Waals surface area (Å²) in [7, 11) is 0. The molecule has 2 nitrogen and oxygen atoms in total. The first-order valence-corrected chi connectivity index (χ1v) is 6.55. The van der Waals surface area contributed by atoms with Crippen LogP contribution in [0.3, 0.4) is 0 Å². The summed E-state index contributed by atoms with van der Waals surface area (Å²) in [6, 6.07) is 3.46. The number of hydrogen-bond donors (Lipinski definition) is 1. The maximum absolute atomic E-state index is 13.1. The van der Waals surface area contributed by atoms with E-state index in [4.69, 9.17) is 0 Å². The van der Waals surface area contributed by atoms with Crippen molar-refractivity contribution < 1.29 is 8.78 Å². The third kappa shape index (κ3) is 3.11. The summed E-state index contributed by atoms with van der Waals surface area (Å²) in [5.41, 5.74) is 0.593. The molecule has 0 amide bonds. The van der Waals surface area contributed by atoms with E-state index < -0.39 is 11.6 Å². The number of halogens is 2. The van der Waals surface area contributed by atoms with E-state index in [9.17, 15) is 8.78 Å². The van der Waals surface area contributed by atoms with Crippen LogP contribution in [-0.2, 0) is 0 Å². The van der Waals surface area contributed by atoms with Gasteiger partial charge < -0.3 is 5.32 Å². The van der Waals surface area contributed by atoms with Gasteiger partial charge in [-0.3, -0.25) is 0 Å². The van der Waals surface area contributed by atoms with E-state index in [1.807, 2.05) is 19.2 Å². The lowest BCUT2D eigenvalue weighted by Crippen LogP contribution is -2.22. The molecular weight excluding hydrogens is 254 g/mol. The summed E-state index contributed by atoms with van der Waals surface area (Å²) in [5.74, 6) is -1.11. The molecule has 0 bridgehead atoms. The summed E-state index contributed by atoms with van der Waals surface area (Å²) < 4.78 is 26.2. The zero-order valence-electron chi connectivity index (χ0n) is 10.2. The quantitative estimate of drug-likeness (QED) is 0.911. The van der Waals surface area contributed by atoms with Crippen LogP contribution in [0.4, 0.5) is 8.78 Å². The van der Waals surface area contributed by atoms with Gasteiger partial charge in [0, 0.05) is 23.7 Å². The molecule has 0 fully saturated rings. The molecule has 0 aliphatic heterocycles. The van der Waals surface area contributed by atoms with Gasteiger partial charge in [0.1, 0.15) is 16.6 Å². The number of hydrogen-bond acceptors (Lipinski definition) is 3. The number of nitrogens with zero attached hydrogens (tertiary/aromatic N) is 1. The number of benzene rings is 1. The van der Waals surface area contributed by atoms with Crippen molar-refractivity contribution in [3.05, 3.63) is 52.0 Å². The van der Waals surface area contributed by atoms with Gasteiger partial charge in [0.15, 0.2) is 0 Å². The Morgan fingerprint density at radius 1 is 1.11 bits per heavy atom. The molecule has 0 aliphatic carbocycles. The van der Waals surface area contributed by atoms with E-state index in [0.717, 1.165) is 11.1 Å². The Bertz CT molecular complexity index is 493. The number of thiazole rings is 1. The van der Waals surface area contributed by atoms with Crippen molar-refractivity contribution >= 4 is 11.3 Å². The van der Waals surface area contributed by atoms with E-state index in [-0.39, 0.29) is 12.1 Å². The lowest BCUT2D eigenvalue weighted by atomic mass is 10.1. The Labute approximate surface area is 109 Å². The van der Waals surface area contributed by atoms with Crippen LogP contribution in [0, 0.1) is 11.6 Å². The van der Waals surface area contributed by atoms with Gasteiger partial charge in [-0.15, -0.1) is 11.3 Å². The summed E-state index contributed by atoms with van der Waals surface area (Å²) in [6.45, 7) is 3.85. The third-order valence-electron chi connectivity index (χ3n) is 2.71. The van der Waals surface area contributed by atoms with E-state index in [1.54, 1.807) is 17.5 Å².